The second kappa shape index (κ2) is 5.19. The Morgan fingerprint density at radius 1 is 1.22 bits per heavy atom. The molecule has 124 valence electrons. The smallest absolute Gasteiger partial charge is 0.156 e. The van der Waals surface area contributed by atoms with E-state index in [1.807, 2.05) is 6.08 Å². The number of hydrogen-bond acceptors (Lipinski definition) is 1. The highest BCUT2D eigenvalue weighted by Crippen LogP contribution is 2.66. The summed E-state index contributed by atoms with van der Waals surface area (Å²) in [7, 11) is 0. The second-order valence-corrected chi connectivity index (χ2v) is 8.53. The SMILES string of the molecule is CC=C1CC[C@H]2[C@@H]3C=CC4=CC(=O)CC[C@@]4(C)[C@@H]3CC[C@]12CC. The average Bonchev–Trinajstić information content (AvgIpc) is 2.94. The lowest BCUT2D eigenvalue weighted by Gasteiger charge is -2.56. The van der Waals surface area contributed by atoms with Gasteiger partial charge in [0.05, 0.1) is 0 Å². The zero-order valence-corrected chi connectivity index (χ0v) is 14.9. The minimum atomic E-state index is 0.242. The van der Waals surface area contributed by atoms with E-state index in [4.69, 9.17) is 0 Å². The van der Waals surface area contributed by atoms with Gasteiger partial charge in [-0.2, -0.15) is 0 Å². The number of allylic oxidation sites excluding steroid dienone is 6. The van der Waals surface area contributed by atoms with Crippen LogP contribution in [0.3, 0.4) is 0 Å². The van der Waals surface area contributed by atoms with Gasteiger partial charge in [0.2, 0.25) is 0 Å². The van der Waals surface area contributed by atoms with Gasteiger partial charge < -0.3 is 0 Å². The highest BCUT2D eigenvalue weighted by molar-refractivity contribution is 5.92. The van der Waals surface area contributed by atoms with Gasteiger partial charge in [-0.3, -0.25) is 4.79 Å². The third-order valence-electron chi connectivity index (χ3n) is 8.07. The van der Waals surface area contributed by atoms with Crippen LogP contribution in [0.15, 0.2) is 35.5 Å². The average molecular weight is 310 g/mol. The fraction of sp³-hybridized carbons (Fsp3) is 0.682. The molecule has 5 atom stereocenters. The number of hydrogen-bond donors (Lipinski definition) is 0. The Morgan fingerprint density at radius 2 is 2.04 bits per heavy atom. The summed E-state index contributed by atoms with van der Waals surface area (Å²) < 4.78 is 0. The van der Waals surface area contributed by atoms with Gasteiger partial charge in [0.1, 0.15) is 0 Å². The Bertz CT molecular complexity index is 622. The number of fused-ring (bicyclic) bond motifs is 5. The summed E-state index contributed by atoms with van der Waals surface area (Å²) in [6, 6.07) is 0. The molecule has 4 aliphatic carbocycles. The van der Waals surface area contributed by atoms with E-state index in [-0.39, 0.29) is 5.41 Å². The molecule has 0 unspecified atom stereocenters. The molecular weight excluding hydrogens is 280 g/mol. The van der Waals surface area contributed by atoms with Crippen LogP contribution in [-0.2, 0) is 4.79 Å². The zero-order valence-electron chi connectivity index (χ0n) is 14.9. The maximum Gasteiger partial charge on any atom is 0.156 e. The molecule has 0 aliphatic heterocycles. The summed E-state index contributed by atoms with van der Waals surface area (Å²) in [5.74, 6) is 2.62. The molecule has 4 aliphatic rings. The molecule has 0 N–H and O–H groups in total. The van der Waals surface area contributed by atoms with E-state index in [9.17, 15) is 4.79 Å². The molecule has 0 spiro atoms. The molecule has 0 saturated heterocycles. The first-order valence-electron chi connectivity index (χ1n) is 9.64. The van der Waals surface area contributed by atoms with E-state index in [2.05, 4.69) is 39.0 Å². The Hall–Kier alpha value is -1.11. The molecule has 0 aromatic heterocycles. The van der Waals surface area contributed by atoms with Gasteiger partial charge in [0, 0.05) is 6.42 Å². The van der Waals surface area contributed by atoms with Gasteiger partial charge in [0.15, 0.2) is 5.78 Å². The van der Waals surface area contributed by atoms with Crippen LogP contribution in [0.4, 0.5) is 0 Å². The van der Waals surface area contributed by atoms with Crippen molar-refractivity contribution in [1.29, 1.82) is 0 Å². The lowest BCUT2D eigenvalue weighted by Crippen LogP contribution is -2.48. The largest absolute Gasteiger partial charge is 0.295 e. The van der Waals surface area contributed by atoms with E-state index >= 15 is 0 Å². The quantitative estimate of drug-likeness (QED) is 0.574. The van der Waals surface area contributed by atoms with Crippen molar-refractivity contribution in [3.05, 3.63) is 35.5 Å². The van der Waals surface area contributed by atoms with Crippen molar-refractivity contribution >= 4 is 5.78 Å². The van der Waals surface area contributed by atoms with E-state index in [1.54, 1.807) is 5.57 Å². The van der Waals surface area contributed by atoms with Crippen LogP contribution in [0.2, 0.25) is 0 Å². The molecular formula is C22H30O. The summed E-state index contributed by atoms with van der Waals surface area (Å²) in [4.78, 5) is 11.9. The van der Waals surface area contributed by atoms with Gasteiger partial charge in [-0.25, -0.2) is 0 Å². The minimum Gasteiger partial charge on any atom is -0.295 e. The van der Waals surface area contributed by atoms with Crippen molar-refractivity contribution in [3.8, 4) is 0 Å². The van der Waals surface area contributed by atoms with Crippen LogP contribution in [0.1, 0.15) is 65.7 Å². The van der Waals surface area contributed by atoms with Gasteiger partial charge in [-0.05, 0) is 85.7 Å². The van der Waals surface area contributed by atoms with Crippen LogP contribution in [0, 0.1) is 28.6 Å². The van der Waals surface area contributed by atoms with Gasteiger partial charge in [-0.15, -0.1) is 0 Å². The molecule has 4 rings (SSSR count). The zero-order chi connectivity index (χ0) is 16.2. The molecule has 0 aromatic carbocycles. The van der Waals surface area contributed by atoms with E-state index < -0.39 is 0 Å². The molecule has 1 nitrogen and oxygen atoms in total. The predicted octanol–water partition coefficient (Wildman–Crippen LogP) is 5.63. The van der Waals surface area contributed by atoms with Crippen molar-refractivity contribution < 1.29 is 4.79 Å². The number of carbonyl (C=O) groups is 1. The summed E-state index contributed by atoms with van der Waals surface area (Å²) in [5, 5.41) is 0. The van der Waals surface area contributed by atoms with Crippen molar-refractivity contribution in [3.63, 3.8) is 0 Å². The summed E-state index contributed by atoms with van der Waals surface area (Å²) in [6.07, 6.45) is 17.7. The monoisotopic (exact) mass is 310 g/mol. The first kappa shape index (κ1) is 15.4. The molecule has 23 heavy (non-hydrogen) atoms. The van der Waals surface area contributed by atoms with Gasteiger partial charge in [0.25, 0.3) is 0 Å². The summed E-state index contributed by atoms with van der Waals surface area (Å²) >= 11 is 0. The summed E-state index contributed by atoms with van der Waals surface area (Å²) in [6.45, 7) is 7.09. The Morgan fingerprint density at radius 3 is 2.78 bits per heavy atom. The molecule has 0 aromatic rings. The van der Waals surface area contributed by atoms with Gasteiger partial charge in [-0.1, -0.05) is 37.6 Å². The fourth-order valence-electron chi connectivity index (χ4n) is 6.77. The standard InChI is InChI=1S/C22H30O/c1-4-15-7-9-20-18-8-6-16-14-17(23)10-12-21(16,3)19(18)11-13-22(15,20)5-2/h4,6,8,14,18-20H,5,7,9-13H2,1-3H3/t18-,19-,20+,21-,22-/m1/s1. The van der Waals surface area contributed by atoms with Crippen LogP contribution >= 0.6 is 0 Å². The summed E-state index contributed by atoms with van der Waals surface area (Å²) in [5.41, 5.74) is 3.78. The highest BCUT2D eigenvalue weighted by Gasteiger charge is 2.57. The van der Waals surface area contributed by atoms with Crippen LogP contribution in [-0.4, -0.2) is 5.78 Å². The third kappa shape index (κ3) is 1.95. The molecule has 2 saturated carbocycles. The lowest BCUT2D eigenvalue weighted by molar-refractivity contribution is -0.116. The van der Waals surface area contributed by atoms with Crippen molar-refractivity contribution in [2.24, 2.45) is 28.6 Å². The van der Waals surface area contributed by atoms with Crippen LogP contribution < -0.4 is 0 Å². The van der Waals surface area contributed by atoms with E-state index in [1.165, 1.54) is 37.7 Å². The maximum atomic E-state index is 11.9. The molecule has 0 amide bonds. The van der Waals surface area contributed by atoms with Crippen molar-refractivity contribution in [2.75, 3.05) is 0 Å². The highest BCUT2D eigenvalue weighted by atomic mass is 16.1. The number of ketones is 1. The predicted molar refractivity (Wildman–Crippen MR) is 95.0 cm³/mol. The fourth-order valence-corrected chi connectivity index (χ4v) is 6.77. The van der Waals surface area contributed by atoms with Crippen LogP contribution in [0.5, 0.6) is 0 Å². The molecule has 0 bridgehead atoms. The molecule has 0 radical (unpaired) electrons. The van der Waals surface area contributed by atoms with E-state index in [0.29, 0.717) is 11.2 Å². The van der Waals surface area contributed by atoms with Crippen LogP contribution in [0.25, 0.3) is 0 Å². The van der Waals surface area contributed by atoms with Crippen molar-refractivity contribution in [1.82, 2.24) is 0 Å². The first-order chi connectivity index (χ1) is 11.0. The Labute approximate surface area is 140 Å². The lowest BCUT2D eigenvalue weighted by atomic mass is 9.48. The Balaban J connectivity index is 1.76. The molecule has 1 heteroatoms. The molecule has 0 heterocycles. The Kier molecular flexibility index (Phi) is 3.48. The normalized spacial score (nSPS) is 47.1. The minimum absolute atomic E-state index is 0.242. The van der Waals surface area contributed by atoms with E-state index in [0.717, 1.165) is 30.6 Å². The third-order valence-corrected chi connectivity index (χ3v) is 8.07. The van der Waals surface area contributed by atoms with Gasteiger partial charge >= 0.3 is 0 Å². The second-order valence-electron chi connectivity index (χ2n) is 8.53. The number of rotatable bonds is 1. The maximum absolute atomic E-state index is 11.9. The van der Waals surface area contributed by atoms with Crippen molar-refractivity contribution in [2.45, 2.75) is 65.7 Å². The molecule has 2 fully saturated rings. The topological polar surface area (TPSA) is 17.1 Å². The number of carbonyl (C=O) groups excluding carboxylic acids is 1. The first-order valence-corrected chi connectivity index (χ1v) is 9.64.